The molecular formula is C27H21F4N5O3. The van der Waals surface area contributed by atoms with E-state index in [0.717, 1.165) is 5.56 Å². The van der Waals surface area contributed by atoms with Crippen molar-refractivity contribution < 1.29 is 31.5 Å². The second kappa shape index (κ2) is 9.71. The first-order valence-corrected chi connectivity index (χ1v) is 11.5. The van der Waals surface area contributed by atoms with Crippen LogP contribution < -0.4 is 25.6 Å². The number of urea groups is 1. The van der Waals surface area contributed by atoms with Gasteiger partial charge in [-0.05, 0) is 66.2 Å². The van der Waals surface area contributed by atoms with Gasteiger partial charge in [0.05, 0.1) is 35.9 Å². The number of furan rings is 1. The van der Waals surface area contributed by atoms with Gasteiger partial charge < -0.3 is 25.1 Å². The maximum absolute atomic E-state index is 14.6. The summed E-state index contributed by atoms with van der Waals surface area (Å²) < 4.78 is 65.1. The summed E-state index contributed by atoms with van der Waals surface area (Å²) in [5.41, 5.74) is 5.50. The van der Waals surface area contributed by atoms with Crippen molar-refractivity contribution in [3.63, 3.8) is 0 Å². The van der Waals surface area contributed by atoms with Crippen LogP contribution in [0, 0.1) is 11.2 Å². The van der Waals surface area contributed by atoms with Crippen molar-refractivity contribution >= 4 is 34.8 Å². The summed E-state index contributed by atoms with van der Waals surface area (Å²) in [6.07, 6.45) is -3.88. The predicted molar refractivity (Wildman–Crippen MR) is 137 cm³/mol. The number of nitrogens with two attached hydrogens (primary N) is 1. The zero-order valence-corrected chi connectivity index (χ0v) is 20.3. The molecule has 1 aromatic heterocycles. The number of halogens is 4. The summed E-state index contributed by atoms with van der Waals surface area (Å²) in [7, 11) is 1.55. The van der Waals surface area contributed by atoms with Gasteiger partial charge in [-0.2, -0.15) is 13.2 Å². The number of carbonyl (C=O) groups is 1. The van der Waals surface area contributed by atoms with Gasteiger partial charge in [-0.1, -0.05) is 12.1 Å². The van der Waals surface area contributed by atoms with Crippen LogP contribution >= 0.6 is 0 Å². The molecule has 12 heteroatoms. The van der Waals surface area contributed by atoms with Crippen molar-refractivity contribution in [2.45, 2.75) is 12.3 Å². The summed E-state index contributed by atoms with van der Waals surface area (Å²) in [5.74, 6) is 0.114. The fraction of sp³-hybridized carbons (Fsp3) is 0.111. The summed E-state index contributed by atoms with van der Waals surface area (Å²) >= 11 is 0. The molecule has 0 bridgehead atoms. The number of benzene rings is 3. The lowest BCUT2D eigenvalue weighted by atomic mass is 10.1. The van der Waals surface area contributed by atoms with Gasteiger partial charge in [0.2, 0.25) is 5.88 Å². The number of anilines is 4. The van der Waals surface area contributed by atoms with E-state index in [2.05, 4.69) is 5.32 Å². The number of hydrogen-bond acceptors (Lipinski definition) is 5. The van der Waals surface area contributed by atoms with Crippen molar-refractivity contribution in [1.82, 2.24) is 0 Å². The highest BCUT2D eigenvalue weighted by Crippen LogP contribution is 2.40. The number of alkyl halides is 3. The van der Waals surface area contributed by atoms with Crippen LogP contribution in [-0.2, 0) is 6.18 Å². The van der Waals surface area contributed by atoms with Gasteiger partial charge in [0.15, 0.2) is 0 Å². The quantitative estimate of drug-likeness (QED) is 0.247. The number of methoxy groups -OCH3 is 1. The average Bonchev–Trinajstić information content (AvgIpc) is 3.39. The minimum atomic E-state index is -4.75. The van der Waals surface area contributed by atoms with Gasteiger partial charge >= 0.3 is 12.2 Å². The van der Waals surface area contributed by atoms with E-state index in [-0.39, 0.29) is 11.5 Å². The molecule has 0 saturated heterocycles. The largest absolute Gasteiger partial charge is 0.497 e. The molecule has 1 unspecified atom stereocenters. The Morgan fingerprint density at radius 2 is 1.77 bits per heavy atom. The normalized spacial score (nSPS) is 14.9. The second-order valence-corrected chi connectivity index (χ2v) is 8.56. The van der Waals surface area contributed by atoms with Crippen LogP contribution in [-0.4, -0.2) is 19.0 Å². The first-order chi connectivity index (χ1) is 18.6. The maximum atomic E-state index is 14.6. The van der Waals surface area contributed by atoms with E-state index in [9.17, 15) is 22.4 Å². The highest BCUT2D eigenvalue weighted by atomic mass is 19.4. The van der Waals surface area contributed by atoms with Gasteiger partial charge in [0, 0.05) is 5.69 Å². The number of rotatable bonds is 5. The van der Waals surface area contributed by atoms with Crippen molar-refractivity contribution in [1.29, 1.82) is 5.41 Å². The molecule has 2 heterocycles. The number of amidine groups is 1. The fourth-order valence-corrected chi connectivity index (χ4v) is 4.36. The molecule has 3 aromatic carbocycles. The number of ether oxygens (including phenoxy) is 1. The zero-order chi connectivity index (χ0) is 27.9. The van der Waals surface area contributed by atoms with Crippen LogP contribution in [0.4, 0.5) is 45.3 Å². The van der Waals surface area contributed by atoms with E-state index in [1.807, 2.05) is 12.1 Å². The first kappa shape index (κ1) is 25.6. The van der Waals surface area contributed by atoms with E-state index < -0.39 is 35.4 Å². The fourth-order valence-electron chi connectivity index (χ4n) is 4.36. The number of primary amides is 1. The Morgan fingerprint density at radius 3 is 2.38 bits per heavy atom. The molecule has 39 heavy (non-hydrogen) atoms. The van der Waals surface area contributed by atoms with E-state index in [1.165, 1.54) is 18.4 Å². The van der Waals surface area contributed by atoms with Crippen LogP contribution in [0.15, 0.2) is 83.5 Å². The molecule has 1 aliphatic rings. The molecule has 8 nitrogen and oxygen atoms in total. The van der Waals surface area contributed by atoms with Crippen LogP contribution in [0.25, 0.3) is 0 Å². The average molecular weight is 539 g/mol. The third-order valence-electron chi connectivity index (χ3n) is 6.24. The number of hydrogen-bond donors (Lipinski definition) is 3. The van der Waals surface area contributed by atoms with Crippen LogP contribution in [0.1, 0.15) is 22.9 Å². The van der Waals surface area contributed by atoms with Crippen molar-refractivity contribution in [2.24, 2.45) is 5.73 Å². The third kappa shape index (κ3) is 4.72. The Hall–Kier alpha value is -5.00. The standard InChI is InChI=1S/C27H21F4N5O3/c1-38-19-9-2-15(3-10-19)24-34-25-20(12-13-39-25)23(32)36(24)18-7-5-17(6-8-18)35(26(33)37)22-14-16(27(29,30)31)4-11-21(22)28/h2-14,24,32,34H,1H3,(H2,33,37). The molecule has 200 valence electrons. The van der Waals surface area contributed by atoms with Crippen molar-refractivity contribution in [2.75, 3.05) is 22.2 Å². The van der Waals surface area contributed by atoms with E-state index in [4.69, 9.17) is 20.3 Å². The molecule has 1 atom stereocenters. The summed E-state index contributed by atoms with van der Waals surface area (Å²) in [4.78, 5) is 14.6. The molecule has 5 rings (SSSR count). The highest BCUT2D eigenvalue weighted by Gasteiger charge is 2.35. The molecule has 0 aliphatic carbocycles. The molecule has 2 amide bonds. The summed E-state index contributed by atoms with van der Waals surface area (Å²) in [6, 6.07) is 15.3. The Balaban J connectivity index is 1.54. The lowest BCUT2D eigenvalue weighted by Gasteiger charge is -2.38. The second-order valence-electron chi connectivity index (χ2n) is 8.56. The Kier molecular flexibility index (Phi) is 6.38. The summed E-state index contributed by atoms with van der Waals surface area (Å²) in [5, 5.41) is 12.1. The minimum absolute atomic E-state index is 0.0333. The minimum Gasteiger partial charge on any atom is -0.497 e. The van der Waals surface area contributed by atoms with Crippen LogP contribution in [0.5, 0.6) is 5.75 Å². The maximum Gasteiger partial charge on any atom is 0.416 e. The molecule has 4 aromatic rings. The topological polar surface area (TPSA) is 108 Å². The van der Waals surface area contributed by atoms with E-state index in [1.54, 1.807) is 42.3 Å². The number of nitrogens with zero attached hydrogens (tertiary/aromatic N) is 2. The smallest absolute Gasteiger partial charge is 0.416 e. The van der Waals surface area contributed by atoms with E-state index in [0.29, 0.717) is 46.0 Å². The Bertz CT molecular complexity index is 1530. The van der Waals surface area contributed by atoms with Crippen molar-refractivity contribution in [3.8, 4) is 5.75 Å². The first-order valence-electron chi connectivity index (χ1n) is 11.5. The number of carbonyl (C=O) groups excluding carboxylic acids is 1. The lowest BCUT2D eigenvalue weighted by molar-refractivity contribution is -0.137. The number of nitrogens with one attached hydrogen (secondary N) is 2. The molecular weight excluding hydrogens is 518 g/mol. The molecule has 0 fully saturated rings. The molecule has 1 aliphatic heterocycles. The Morgan fingerprint density at radius 1 is 1.08 bits per heavy atom. The number of fused-ring (bicyclic) bond motifs is 1. The Labute approximate surface area is 219 Å². The van der Waals surface area contributed by atoms with Crippen LogP contribution in [0.2, 0.25) is 0 Å². The van der Waals surface area contributed by atoms with Gasteiger partial charge in [-0.25, -0.2) is 9.18 Å². The molecule has 0 saturated carbocycles. The van der Waals surface area contributed by atoms with Crippen LogP contribution in [0.3, 0.4) is 0 Å². The van der Waals surface area contributed by atoms with Gasteiger partial charge in [-0.15, -0.1) is 0 Å². The molecule has 4 N–H and O–H groups in total. The predicted octanol–water partition coefficient (Wildman–Crippen LogP) is 6.62. The zero-order valence-electron chi connectivity index (χ0n) is 20.3. The molecule has 0 spiro atoms. The van der Waals surface area contributed by atoms with Crippen molar-refractivity contribution in [3.05, 3.63) is 102 Å². The molecule has 0 radical (unpaired) electrons. The third-order valence-corrected chi connectivity index (χ3v) is 6.24. The van der Waals surface area contributed by atoms with Gasteiger partial charge in [0.1, 0.15) is 23.6 Å². The monoisotopic (exact) mass is 539 g/mol. The van der Waals surface area contributed by atoms with Gasteiger partial charge in [-0.3, -0.25) is 10.3 Å². The highest BCUT2D eigenvalue weighted by molar-refractivity contribution is 6.13. The summed E-state index contributed by atoms with van der Waals surface area (Å²) in [6.45, 7) is 0. The van der Waals surface area contributed by atoms with Gasteiger partial charge in [0.25, 0.3) is 0 Å². The SMILES string of the molecule is COc1ccc(C2Nc3occc3C(=N)N2c2ccc(N(C(N)=O)c3cc(C(F)(F)F)ccc3F)cc2)cc1. The lowest BCUT2D eigenvalue weighted by Crippen LogP contribution is -2.42. The van der Waals surface area contributed by atoms with E-state index >= 15 is 0 Å². The number of amides is 2.